The van der Waals surface area contributed by atoms with E-state index in [4.69, 9.17) is 0 Å². The van der Waals surface area contributed by atoms with Gasteiger partial charge in [0, 0.05) is 11.1 Å². The third kappa shape index (κ3) is 3.89. The van der Waals surface area contributed by atoms with E-state index in [1.54, 1.807) is 25.3 Å². The molecule has 4 N–H and O–H groups in total. The Morgan fingerprint density at radius 3 is 2.65 bits per heavy atom. The molecule has 3 aromatic rings. The second-order valence-corrected chi connectivity index (χ2v) is 6.04. The monoisotopic (exact) mass is 352 g/mol. The Balaban J connectivity index is 1.65. The van der Waals surface area contributed by atoms with Crippen molar-refractivity contribution < 1.29 is 14.7 Å². The van der Waals surface area contributed by atoms with E-state index in [-0.39, 0.29) is 5.91 Å². The lowest BCUT2D eigenvalue weighted by Gasteiger charge is -2.19. The predicted octanol–water partition coefficient (Wildman–Crippen LogP) is 1.78. The number of aromatic nitrogens is 2. The summed E-state index contributed by atoms with van der Waals surface area (Å²) in [5.74, 6) is -1.24. The van der Waals surface area contributed by atoms with Crippen LogP contribution >= 0.6 is 0 Å². The van der Waals surface area contributed by atoms with Gasteiger partial charge in [0.2, 0.25) is 11.8 Å². The largest absolute Gasteiger partial charge is 0.394 e. The van der Waals surface area contributed by atoms with Gasteiger partial charge in [0.25, 0.3) is 0 Å². The minimum atomic E-state index is -1.04. The number of amides is 2. The Morgan fingerprint density at radius 2 is 1.92 bits per heavy atom. The molecule has 0 radical (unpaired) electrons. The zero-order valence-electron chi connectivity index (χ0n) is 14.3. The number of carbonyl (C=O) groups excluding carboxylic acids is 2. The number of benzene rings is 2. The summed E-state index contributed by atoms with van der Waals surface area (Å²) in [6, 6.07) is 13.5. The van der Waals surface area contributed by atoms with Gasteiger partial charge >= 0.3 is 0 Å². The van der Waals surface area contributed by atoms with Crippen molar-refractivity contribution in [1.82, 2.24) is 15.5 Å². The van der Waals surface area contributed by atoms with Crippen molar-refractivity contribution in [2.45, 2.75) is 18.9 Å². The van der Waals surface area contributed by atoms with Crippen molar-refractivity contribution in [3.8, 4) is 0 Å². The van der Waals surface area contributed by atoms with E-state index in [9.17, 15) is 14.7 Å². The van der Waals surface area contributed by atoms with Crippen molar-refractivity contribution in [1.29, 1.82) is 0 Å². The SMILES string of the molecule is CC(C(=O)N[C@@H](CO)C(=O)Nc1ccc2cn[nH]c2c1)c1ccccc1. The molecule has 3 rings (SSSR count). The molecule has 2 amide bonds. The van der Waals surface area contributed by atoms with Crippen LogP contribution in [0.1, 0.15) is 18.4 Å². The maximum atomic E-state index is 12.4. The van der Waals surface area contributed by atoms with Gasteiger partial charge in [-0.25, -0.2) is 0 Å². The van der Waals surface area contributed by atoms with Gasteiger partial charge in [-0.3, -0.25) is 14.7 Å². The van der Waals surface area contributed by atoms with Crippen molar-refractivity contribution in [2.24, 2.45) is 0 Å². The van der Waals surface area contributed by atoms with E-state index in [0.29, 0.717) is 5.69 Å². The summed E-state index contributed by atoms with van der Waals surface area (Å²) in [7, 11) is 0. The molecule has 0 spiro atoms. The normalized spacial score (nSPS) is 13.2. The fourth-order valence-corrected chi connectivity index (χ4v) is 2.63. The minimum Gasteiger partial charge on any atom is -0.394 e. The maximum Gasteiger partial charge on any atom is 0.249 e. The molecule has 1 heterocycles. The topological polar surface area (TPSA) is 107 Å². The molecule has 0 aliphatic carbocycles. The van der Waals surface area contributed by atoms with Crippen LogP contribution in [0.2, 0.25) is 0 Å². The van der Waals surface area contributed by atoms with Crippen molar-refractivity contribution in [2.75, 3.05) is 11.9 Å². The number of H-pyrrole nitrogens is 1. The summed E-state index contributed by atoms with van der Waals surface area (Å²) in [6.07, 6.45) is 1.68. The van der Waals surface area contributed by atoms with E-state index in [2.05, 4.69) is 20.8 Å². The van der Waals surface area contributed by atoms with Crippen LogP contribution < -0.4 is 10.6 Å². The Morgan fingerprint density at radius 1 is 1.15 bits per heavy atom. The predicted molar refractivity (Wildman–Crippen MR) is 98.6 cm³/mol. The fourth-order valence-electron chi connectivity index (χ4n) is 2.63. The summed E-state index contributed by atoms with van der Waals surface area (Å²) in [5.41, 5.74) is 2.17. The quantitative estimate of drug-likeness (QED) is 0.542. The first-order valence-corrected chi connectivity index (χ1v) is 8.28. The van der Waals surface area contributed by atoms with Gasteiger partial charge < -0.3 is 15.7 Å². The molecule has 0 fully saturated rings. The maximum absolute atomic E-state index is 12.4. The Hall–Kier alpha value is -3.19. The summed E-state index contributed by atoms with van der Waals surface area (Å²) in [4.78, 5) is 24.8. The number of rotatable bonds is 6. The molecule has 1 aromatic heterocycles. The highest BCUT2D eigenvalue weighted by Crippen LogP contribution is 2.17. The van der Waals surface area contributed by atoms with Crippen LogP contribution in [0.15, 0.2) is 54.7 Å². The van der Waals surface area contributed by atoms with Crippen molar-refractivity contribution in [3.05, 3.63) is 60.3 Å². The Kier molecular flexibility index (Phi) is 5.28. The zero-order valence-corrected chi connectivity index (χ0v) is 14.3. The number of aliphatic hydroxyl groups is 1. The van der Waals surface area contributed by atoms with Crippen molar-refractivity contribution >= 4 is 28.4 Å². The van der Waals surface area contributed by atoms with Crippen LogP contribution in [-0.2, 0) is 9.59 Å². The van der Waals surface area contributed by atoms with Crippen LogP contribution in [-0.4, -0.2) is 39.8 Å². The molecule has 26 heavy (non-hydrogen) atoms. The molecule has 0 saturated heterocycles. The highest BCUT2D eigenvalue weighted by atomic mass is 16.3. The van der Waals surface area contributed by atoms with E-state index in [0.717, 1.165) is 16.5 Å². The number of aliphatic hydroxyl groups excluding tert-OH is 1. The summed E-state index contributed by atoms with van der Waals surface area (Å²) in [6.45, 7) is 1.26. The molecular weight excluding hydrogens is 332 g/mol. The Labute approximate surface area is 150 Å². The fraction of sp³-hybridized carbons (Fsp3) is 0.211. The summed E-state index contributed by atoms with van der Waals surface area (Å²) in [5, 5.41) is 22.5. The smallest absolute Gasteiger partial charge is 0.249 e. The number of aromatic amines is 1. The van der Waals surface area contributed by atoms with Crippen LogP contribution in [0.4, 0.5) is 5.69 Å². The third-order valence-corrected chi connectivity index (χ3v) is 4.22. The van der Waals surface area contributed by atoms with Gasteiger partial charge in [0.1, 0.15) is 6.04 Å². The number of anilines is 1. The molecule has 2 atom stereocenters. The van der Waals surface area contributed by atoms with E-state index in [1.807, 2.05) is 36.4 Å². The highest BCUT2D eigenvalue weighted by Gasteiger charge is 2.23. The van der Waals surface area contributed by atoms with Gasteiger partial charge in [-0.05, 0) is 30.7 Å². The lowest BCUT2D eigenvalue weighted by atomic mass is 10.00. The van der Waals surface area contributed by atoms with Crippen LogP contribution in [0.5, 0.6) is 0 Å². The van der Waals surface area contributed by atoms with E-state index in [1.165, 1.54) is 0 Å². The van der Waals surface area contributed by atoms with Gasteiger partial charge in [-0.2, -0.15) is 5.10 Å². The highest BCUT2D eigenvalue weighted by molar-refractivity contribution is 5.99. The molecule has 2 aromatic carbocycles. The lowest BCUT2D eigenvalue weighted by Crippen LogP contribution is -2.47. The van der Waals surface area contributed by atoms with Gasteiger partial charge in [0.05, 0.1) is 24.2 Å². The number of hydrogen-bond acceptors (Lipinski definition) is 4. The van der Waals surface area contributed by atoms with Gasteiger partial charge in [0.15, 0.2) is 0 Å². The molecule has 7 heteroatoms. The second kappa shape index (κ2) is 7.79. The number of nitrogens with one attached hydrogen (secondary N) is 3. The molecule has 134 valence electrons. The lowest BCUT2D eigenvalue weighted by molar-refractivity contribution is -0.128. The number of carbonyl (C=O) groups is 2. The third-order valence-electron chi connectivity index (χ3n) is 4.22. The van der Waals surface area contributed by atoms with Crippen LogP contribution in [0, 0.1) is 0 Å². The van der Waals surface area contributed by atoms with Crippen LogP contribution in [0.25, 0.3) is 10.9 Å². The molecule has 0 aliphatic rings. The first-order valence-electron chi connectivity index (χ1n) is 8.28. The standard InChI is InChI=1S/C19H20N4O3/c1-12(13-5-3-2-4-6-13)18(25)22-17(11-24)19(26)21-15-8-7-14-10-20-23-16(14)9-15/h2-10,12,17,24H,11H2,1H3,(H,20,23)(H,21,26)(H,22,25)/t12?,17-/m0/s1. The average molecular weight is 352 g/mol. The van der Waals surface area contributed by atoms with Crippen molar-refractivity contribution in [3.63, 3.8) is 0 Å². The first-order chi connectivity index (χ1) is 12.6. The van der Waals surface area contributed by atoms with E-state index >= 15 is 0 Å². The number of nitrogens with zero attached hydrogens (tertiary/aromatic N) is 1. The van der Waals surface area contributed by atoms with Crippen LogP contribution in [0.3, 0.4) is 0 Å². The molecule has 0 saturated carbocycles. The molecule has 0 bridgehead atoms. The molecule has 0 aliphatic heterocycles. The minimum absolute atomic E-state index is 0.325. The summed E-state index contributed by atoms with van der Waals surface area (Å²) < 4.78 is 0. The van der Waals surface area contributed by atoms with E-state index < -0.39 is 24.5 Å². The van der Waals surface area contributed by atoms with Gasteiger partial charge in [-0.1, -0.05) is 30.3 Å². The average Bonchev–Trinajstić information content (AvgIpc) is 3.13. The molecule has 1 unspecified atom stereocenters. The number of fused-ring (bicyclic) bond motifs is 1. The number of hydrogen-bond donors (Lipinski definition) is 4. The Bertz CT molecular complexity index is 907. The first kappa shape index (κ1) is 17.6. The zero-order chi connectivity index (χ0) is 18.5. The molecular formula is C19H20N4O3. The second-order valence-electron chi connectivity index (χ2n) is 6.04. The van der Waals surface area contributed by atoms with Gasteiger partial charge in [-0.15, -0.1) is 0 Å². The summed E-state index contributed by atoms with van der Waals surface area (Å²) >= 11 is 0. The molecule has 7 nitrogen and oxygen atoms in total.